The van der Waals surface area contributed by atoms with E-state index in [0.29, 0.717) is 0 Å². The Bertz CT molecular complexity index is 86.9. The van der Waals surface area contributed by atoms with Crippen LogP contribution in [0.5, 0.6) is 0 Å². The second-order valence-corrected chi connectivity index (χ2v) is 2.94. The molecule has 0 atom stereocenters. The smallest absolute Gasteiger partial charge is 0.0385 e. The van der Waals surface area contributed by atoms with E-state index in [-0.39, 0.29) is 0 Å². The molecule has 0 N–H and O–H groups in total. The van der Waals surface area contributed by atoms with Gasteiger partial charge >= 0.3 is 0 Å². The molecule has 0 saturated heterocycles. The first-order valence-corrected chi connectivity index (χ1v) is 4.90. The van der Waals surface area contributed by atoms with Crippen molar-refractivity contribution in [3.8, 4) is 0 Å². The summed E-state index contributed by atoms with van der Waals surface area (Å²) in [5, 5.41) is 0. The Labute approximate surface area is 70.9 Å². The van der Waals surface area contributed by atoms with Crippen molar-refractivity contribution in [1.82, 2.24) is 0 Å². The number of rotatable bonds is 7. The first-order valence-electron chi connectivity index (χ1n) is 4.90. The van der Waals surface area contributed by atoms with Crippen molar-refractivity contribution in [2.75, 3.05) is 6.54 Å². The van der Waals surface area contributed by atoms with E-state index in [1.54, 1.807) is 0 Å². The molecule has 0 unspecified atom stereocenters. The molecule has 0 heterocycles. The van der Waals surface area contributed by atoms with Gasteiger partial charge in [0.05, 0.1) is 0 Å². The highest BCUT2D eigenvalue weighted by Gasteiger charge is 1.83. The van der Waals surface area contributed by atoms with Gasteiger partial charge in [0, 0.05) is 6.54 Å². The summed E-state index contributed by atoms with van der Waals surface area (Å²) in [5.41, 5.74) is 0. The minimum Gasteiger partial charge on any atom is -0.298 e. The monoisotopic (exact) mass is 155 g/mol. The lowest BCUT2D eigenvalue weighted by molar-refractivity contribution is 0.675. The van der Waals surface area contributed by atoms with Crippen molar-refractivity contribution in [2.45, 2.75) is 52.4 Å². The first-order chi connectivity index (χ1) is 5.41. The SMILES string of the molecule is CCCC=NCCCCCC. The van der Waals surface area contributed by atoms with Crippen LogP contribution in [-0.4, -0.2) is 12.8 Å². The van der Waals surface area contributed by atoms with Gasteiger partial charge in [0.2, 0.25) is 0 Å². The van der Waals surface area contributed by atoms with E-state index >= 15 is 0 Å². The zero-order valence-electron chi connectivity index (χ0n) is 7.97. The van der Waals surface area contributed by atoms with Crippen LogP contribution in [0.3, 0.4) is 0 Å². The summed E-state index contributed by atoms with van der Waals surface area (Å²) in [4.78, 5) is 4.31. The normalized spacial score (nSPS) is 11.1. The molecule has 0 saturated carbocycles. The van der Waals surface area contributed by atoms with Crippen molar-refractivity contribution < 1.29 is 0 Å². The fourth-order valence-electron chi connectivity index (χ4n) is 0.942. The Hall–Kier alpha value is -0.330. The average molecular weight is 155 g/mol. The van der Waals surface area contributed by atoms with E-state index in [2.05, 4.69) is 25.1 Å². The van der Waals surface area contributed by atoms with Crippen LogP contribution in [-0.2, 0) is 0 Å². The predicted octanol–water partition coefficient (Wildman–Crippen LogP) is 3.44. The lowest BCUT2D eigenvalue weighted by atomic mass is 10.2. The molecule has 0 rings (SSSR count). The second kappa shape index (κ2) is 9.67. The summed E-state index contributed by atoms with van der Waals surface area (Å²) in [6, 6.07) is 0. The number of nitrogens with zero attached hydrogens (tertiary/aromatic N) is 1. The van der Waals surface area contributed by atoms with Crippen molar-refractivity contribution in [3.05, 3.63) is 0 Å². The van der Waals surface area contributed by atoms with Gasteiger partial charge in [-0.15, -0.1) is 0 Å². The minimum absolute atomic E-state index is 1.04. The van der Waals surface area contributed by atoms with E-state index in [9.17, 15) is 0 Å². The molecule has 0 aliphatic carbocycles. The summed E-state index contributed by atoms with van der Waals surface area (Å²) >= 11 is 0. The molecule has 1 heteroatoms. The number of aliphatic imine (C=N–C) groups is 1. The summed E-state index contributed by atoms with van der Waals surface area (Å²) in [6.45, 7) is 5.46. The Balaban J connectivity index is 2.89. The molecule has 0 aromatic carbocycles. The molecular formula is C10H21N. The van der Waals surface area contributed by atoms with Crippen LogP contribution in [0.25, 0.3) is 0 Å². The molecule has 0 aromatic rings. The van der Waals surface area contributed by atoms with Crippen LogP contribution in [0, 0.1) is 0 Å². The fourth-order valence-corrected chi connectivity index (χ4v) is 0.942. The fraction of sp³-hybridized carbons (Fsp3) is 0.900. The second-order valence-electron chi connectivity index (χ2n) is 2.94. The van der Waals surface area contributed by atoms with Crippen molar-refractivity contribution in [1.29, 1.82) is 0 Å². The molecule has 66 valence electrons. The van der Waals surface area contributed by atoms with Gasteiger partial charge in [-0.1, -0.05) is 39.5 Å². The van der Waals surface area contributed by atoms with Crippen molar-refractivity contribution in [2.24, 2.45) is 4.99 Å². The number of unbranched alkanes of at least 4 members (excludes halogenated alkanes) is 4. The quantitative estimate of drug-likeness (QED) is 0.394. The molecule has 1 nitrogen and oxygen atoms in total. The summed E-state index contributed by atoms with van der Waals surface area (Å²) in [7, 11) is 0. The van der Waals surface area contributed by atoms with Crippen LogP contribution in [0.15, 0.2) is 4.99 Å². The lowest BCUT2D eigenvalue weighted by Crippen LogP contribution is -1.82. The third kappa shape index (κ3) is 9.67. The number of hydrogen-bond donors (Lipinski definition) is 0. The van der Waals surface area contributed by atoms with Gasteiger partial charge in [-0.25, -0.2) is 0 Å². The Morgan fingerprint density at radius 3 is 2.45 bits per heavy atom. The van der Waals surface area contributed by atoms with E-state index in [1.165, 1.54) is 32.1 Å². The third-order valence-corrected chi connectivity index (χ3v) is 1.69. The zero-order chi connectivity index (χ0) is 8.36. The molecule has 0 bridgehead atoms. The molecule has 0 aromatic heterocycles. The maximum atomic E-state index is 4.31. The molecule has 0 spiro atoms. The summed E-state index contributed by atoms with van der Waals surface area (Å²) < 4.78 is 0. The van der Waals surface area contributed by atoms with E-state index in [4.69, 9.17) is 0 Å². The van der Waals surface area contributed by atoms with Gasteiger partial charge in [-0.3, -0.25) is 4.99 Å². The standard InChI is InChI=1S/C10H21N/c1-3-5-7-8-10-11-9-6-4-2/h9H,3-8,10H2,1-2H3. The molecule has 11 heavy (non-hydrogen) atoms. The van der Waals surface area contributed by atoms with Crippen LogP contribution in [0.4, 0.5) is 0 Å². The highest BCUT2D eigenvalue weighted by Crippen LogP contribution is 1.98. The molecule has 0 aliphatic heterocycles. The van der Waals surface area contributed by atoms with Crippen molar-refractivity contribution >= 4 is 6.21 Å². The van der Waals surface area contributed by atoms with Gasteiger partial charge in [0.1, 0.15) is 0 Å². The van der Waals surface area contributed by atoms with Gasteiger partial charge in [-0.2, -0.15) is 0 Å². The Morgan fingerprint density at radius 2 is 1.82 bits per heavy atom. The highest BCUT2D eigenvalue weighted by molar-refractivity contribution is 5.56. The van der Waals surface area contributed by atoms with Crippen molar-refractivity contribution in [3.63, 3.8) is 0 Å². The minimum atomic E-state index is 1.04. The zero-order valence-corrected chi connectivity index (χ0v) is 7.97. The predicted molar refractivity (Wildman–Crippen MR) is 52.4 cm³/mol. The van der Waals surface area contributed by atoms with Gasteiger partial charge in [0.25, 0.3) is 0 Å². The molecular weight excluding hydrogens is 134 g/mol. The first kappa shape index (κ1) is 10.7. The maximum absolute atomic E-state index is 4.31. The maximum Gasteiger partial charge on any atom is 0.0385 e. The molecule has 0 aliphatic rings. The molecule has 0 amide bonds. The topological polar surface area (TPSA) is 12.4 Å². The summed E-state index contributed by atoms with van der Waals surface area (Å²) in [6.07, 6.45) is 9.73. The van der Waals surface area contributed by atoms with Crippen LogP contribution in [0.2, 0.25) is 0 Å². The average Bonchev–Trinajstić information content (AvgIpc) is 2.03. The van der Waals surface area contributed by atoms with Gasteiger partial charge in [-0.05, 0) is 19.1 Å². The van der Waals surface area contributed by atoms with Crippen LogP contribution in [0.1, 0.15) is 52.4 Å². The lowest BCUT2D eigenvalue weighted by Gasteiger charge is -1.93. The Morgan fingerprint density at radius 1 is 1.00 bits per heavy atom. The molecule has 0 radical (unpaired) electrons. The largest absolute Gasteiger partial charge is 0.298 e. The van der Waals surface area contributed by atoms with Crippen LogP contribution < -0.4 is 0 Å². The Kier molecular flexibility index (Phi) is 9.38. The van der Waals surface area contributed by atoms with Gasteiger partial charge < -0.3 is 0 Å². The van der Waals surface area contributed by atoms with E-state index in [1.807, 2.05) is 0 Å². The van der Waals surface area contributed by atoms with E-state index in [0.717, 1.165) is 13.0 Å². The van der Waals surface area contributed by atoms with E-state index < -0.39 is 0 Å². The summed E-state index contributed by atoms with van der Waals surface area (Å²) in [5.74, 6) is 0. The molecule has 0 fully saturated rings. The third-order valence-electron chi connectivity index (χ3n) is 1.69. The highest BCUT2D eigenvalue weighted by atomic mass is 14.7. The van der Waals surface area contributed by atoms with Crippen LogP contribution >= 0.6 is 0 Å². The van der Waals surface area contributed by atoms with Gasteiger partial charge in [0.15, 0.2) is 0 Å². The number of hydrogen-bond acceptors (Lipinski definition) is 1.